The quantitative estimate of drug-likeness (QED) is 0.610. The highest BCUT2D eigenvalue weighted by Gasteiger charge is 2.32. The van der Waals surface area contributed by atoms with Crippen molar-refractivity contribution in [1.82, 2.24) is 0 Å². The highest BCUT2D eigenvalue weighted by atomic mass is 35.5. The van der Waals surface area contributed by atoms with Gasteiger partial charge in [-0.15, -0.1) is 0 Å². The lowest BCUT2D eigenvalue weighted by Gasteiger charge is -2.13. The number of aryl methyl sites for hydroxylation is 1. The third-order valence-corrected chi connectivity index (χ3v) is 3.07. The molecule has 0 aliphatic rings. The Kier molecular flexibility index (Phi) is 3.54. The Labute approximate surface area is 112 Å². The van der Waals surface area contributed by atoms with Crippen LogP contribution in [0.25, 0.3) is 11.1 Å². The summed E-state index contributed by atoms with van der Waals surface area (Å²) in [5.74, 6) is -0.844. The third kappa shape index (κ3) is 2.73. The zero-order chi connectivity index (χ0) is 14.2. The fourth-order valence-electron chi connectivity index (χ4n) is 1.82. The van der Waals surface area contributed by atoms with Crippen LogP contribution in [-0.2, 0) is 6.18 Å². The Hall–Kier alpha value is -1.55. The maximum atomic E-state index is 13.9. The monoisotopic (exact) mass is 288 g/mol. The van der Waals surface area contributed by atoms with Gasteiger partial charge in [0.25, 0.3) is 0 Å². The summed E-state index contributed by atoms with van der Waals surface area (Å²) in [5.41, 5.74) is -0.0279. The van der Waals surface area contributed by atoms with Crippen LogP contribution in [0.3, 0.4) is 0 Å². The molecule has 2 rings (SSSR count). The lowest BCUT2D eigenvalue weighted by atomic mass is 9.98. The van der Waals surface area contributed by atoms with Crippen molar-refractivity contribution in [3.05, 3.63) is 58.4 Å². The number of halogens is 5. The van der Waals surface area contributed by atoms with Gasteiger partial charge in [0, 0.05) is 5.56 Å². The molecule has 0 atom stereocenters. The van der Waals surface area contributed by atoms with E-state index in [-0.39, 0.29) is 5.56 Å². The molecule has 0 saturated heterocycles. The number of alkyl halides is 3. The predicted octanol–water partition coefficient (Wildman–Crippen LogP) is 5.47. The van der Waals surface area contributed by atoms with Crippen molar-refractivity contribution >= 4 is 11.6 Å². The molecule has 0 amide bonds. The van der Waals surface area contributed by atoms with Crippen LogP contribution in [0.15, 0.2) is 36.4 Å². The molecule has 0 spiro atoms. The van der Waals surface area contributed by atoms with E-state index in [0.29, 0.717) is 17.2 Å². The van der Waals surface area contributed by atoms with Crippen LogP contribution in [0.4, 0.5) is 17.6 Å². The molecule has 0 N–H and O–H groups in total. The van der Waals surface area contributed by atoms with Gasteiger partial charge in [-0.25, -0.2) is 4.39 Å². The summed E-state index contributed by atoms with van der Waals surface area (Å²) >= 11 is 5.55. The molecular formula is C14H9ClF4. The molecule has 0 aliphatic heterocycles. The molecule has 2 aromatic carbocycles. The van der Waals surface area contributed by atoms with Gasteiger partial charge in [-0.1, -0.05) is 35.9 Å². The first-order chi connectivity index (χ1) is 8.80. The molecule has 0 nitrogen and oxygen atoms in total. The van der Waals surface area contributed by atoms with Crippen molar-refractivity contribution in [2.24, 2.45) is 0 Å². The van der Waals surface area contributed by atoms with Gasteiger partial charge in [-0.3, -0.25) is 0 Å². The fraction of sp³-hybridized carbons (Fsp3) is 0.143. The first kappa shape index (κ1) is 13.9. The summed E-state index contributed by atoms with van der Waals surface area (Å²) in [6.45, 7) is 1.70. The summed E-state index contributed by atoms with van der Waals surface area (Å²) in [5, 5.41) is -0.534. The second kappa shape index (κ2) is 4.85. The Morgan fingerprint density at radius 2 is 1.63 bits per heavy atom. The molecule has 19 heavy (non-hydrogen) atoms. The van der Waals surface area contributed by atoms with Crippen molar-refractivity contribution < 1.29 is 17.6 Å². The van der Waals surface area contributed by atoms with Crippen molar-refractivity contribution in [3.63, 3.8) is 0 Å². The molecule has 0 aromatic heterocycles. The van der Waals surface area contributed by atoms with Gasteiger partial charge < -0.3 is 0 Å². The average molecular weight is 289 g/mol. The lowest BCUT2D eigenvalue weighted by molar-refractivity contribution is -0.137. The Bertz CT molecular complexity index is 617. The second-order valence-electron chi connectivity index (χ2n) is 4.13. The molecule has 5 heteroatoms. The van der Waals surface area contributed by atoms with Crippen LogP contribution in [0.5, 0.6) is 0 Å². The molecule has 2 aromatic rings. The predicted molar refractivity (Wildman–Crippen MR) is 66.6 cm³/mol. The highest BCUT2D eigenvalue weighted by molar-refractivity contribution is 6.31. The van der Waals surface area contributed by atoms with Gasteiger partial charge >= 0.3 is 6.18 Å². The molecule has 0 saturated carbocycles. The average Bonchev–Trinajstić information content (AvgIpc) is 2.32. The van der Waals surface area contributed by atoms with Gasteiger partial charge in [0.2, 0.25) is 0 Å². The Morgan fingerprint density at radius 1 is 1.00 bits per heavy atom. The van der Waals surface area contributed by atoms with Crippen molar-refractivity contribution in [3.8, 4) is 11.1 Å². The van der Waals surface area contributed by atoms with E-state index >= 15 is 0 Å². The molecular weight excluding hydrogens is 280 g/mol. The fourth-order valence-corrected chi connectivity index (χ4v) is 2.04. The topological polar surface area (TPSA) is 0 Å². The standard InChI is InChI=1S/C14H9ClF4/c1-8-4-2-3-5-10(8)11-6-9(14(17,18)19)7-12(15)13(11)16/h2-7H,1H3. The van der Waals surface area contributed by atoms with Crippen molar-refractivity contribution in [2.45, 2.75) is 13.1 Å². The van der Waals surface area contributed by atoms with Crippen LogP contribution < -0.4 is 0 Å². The van der Waals surface area contributed by atoms with Gasteiger partial charge in [-0.05, 0) is 30.2 Å². The van der Waals surface area contributed by atoms with E-state index in [4.69, 9.17) is 11.6 Å². The van der Waals surface area contributed by atoms with Gasteiger partial charge in [-0.2, -0.15) is 13.2 Å². The largest absolute Gasteiger partial charge is 0.416 e. The second-order valence-corrected chi connectivity index (χ2v) is 4.54. The number of hydrogen-bond donors (Lipinski definition) is 0. The summed E-state index contributed by atoms with van der Waals surface area (Å²) in [4.78, 5) is 0. The summed E-state index contributed by atoms with van der Waals surface area (Å²) in [6, 6.07) is 8.00. The van der Waals surface area contributed by atoms with Crippen LogP contribution in [0, 0.1) is 12.7 Å². The molecule has 0 heterocycles. The highest BCUT2D eigenvalue weighted by Crippen LogP contribution is 2.37. The van der Waals surface area contributed by atoms with E-state index in [1.165, 1.54) is 0 Å². The molecule has 0 unspecified atom stereocenters. The molecule has 0 bridgehead atoms. The maximum Gasteiger partial charge on any atom is 0.416 e. The maximum absolute atomic E-state index is 13.9. The van der Waals surface area contributed by atoms with E-state index in [1.807, 2.05) is 0 Å². The van der Waals surface area contributed by atoms with Crippen LogP contribution in [0.1, 0.15) is 11.1 Å². The molecule has 0 fully saturated rings. The van der Waals surface area contributed by atoms with Gasteiger partial charge in [0.05, 0.1) is 10.6 Å². The number of rotatable bonds is 1. The van der Waals surface area contributed by atoms with Crippen molar-refractivity contribution in [2.75, 3.05) is 0 Å². The van der Waals surface area contributed by atoms with E-state index in [1.54, 1.807) is 31.2 Å². The zero-order valence-electron chi connectivity index (χ0n) is 9.85. The SMILES string of the molecule is Cc1ccccc1-c1cc(C(F)(F)F)cc(Cl)c1F. The van der Waals surface area contributed by atoms with E-state index in [2.05, 4.69) is 0 Å². The van der Waals surface area contributed by atoms with Crippen LogP contribution in [0.2, 0.25) is 5.02 Å². The van der Waals surface area contributed by atoms with E-state index in [9.17, 15) is 17.6 Å². The van der Waals surface area contributed by atoms with E-state index < -0.39 is 22.6 Å². The molecule has 100 valence electrons. The van der Waals surface area contributed by atoms with Crippen molar-refractivity contribution in [1.29, 1.82) is 0 Å². The minimum atomic E-state index is -4.56. The molecule has 0 radical (unpaired) electrons. The third-order valence-electron chi connectivity index (χ3n) is 2.79. The van der Waals surface area contributed by atoms with Gasteiger partial charge in [0.15, 0.2) is 0 Å². The summed E-state index contributed by atoms with van der Waals surface area (Å²) in [6.07, 6.45) is -4.56. The smallest absolute Gasteiger partial charge is 0.205 e. The first-order valence-electron chi connectivity index (χ1n) is 5.43. The molecule has 0 aliphatic carbocycles. The first-order valence-corrected chi connectivity index (χ1v) is 5.80. The minimum absolute atomic E-state index is 0.141. The minimum Gasteiger partial charge on any atom is -0.205 e. The Morgan fingerprint density at radius 3 is 2.21 bits per heavy atom. The summed E-state index contributed by atoms with van der Waals surface area (Å²) in [7, 11) is 0. The van der Waals surface area contributed by atoms with E-state index in [0.717, 1.165) is 6.07 Å². The van der Waals surface area contributed by atoms with Crippen LogP contribution >= 0.6 is 11.6 Å². The number of benzene rings is 2. The summed E-state index contributed by atoms with van der Waals surface area (Å²) < 4.78 is 52.1. The Balaban J connectivity index is 2.70. The van der Waals surface area contributed by atoms with Crippen LogP contribution in [-0.4, -0.2) is 0 Å². The normalized spacial score (nSPS) is 11.7. The number of hydrogen-bond acceptors (Lipinski definition) is 0. The van der Waals surface area contributed by atoms with Gasteiger partial charge in [0.1, 0.15) is 5.82 Å². The lowest BCUT2D eigenvalue weighted by Crippen LogP contribution is -2.06. The zero-order valence-corrected chi connectivity index (χ0v) is 10.6.